The molecule has 1 fully saturated rings. The topological polar surface area (TPSA) is 65.4 Å². The summed E-state index contributed by atoms with van der Waals surface area (Å²) in [6, 6.07) is 14.5. The fourth-order valence-electron chi connectivity index (χ4n) is 4.76. The molecule has 1 saturated heterocycles. The van der Waals surface area contributed by atoms with Gasteiger partial charge in [0, 0.05) is 50.0 Å². The lowest BCUT2D eigenvalue weighted by molar-refractivity contribution is 0.148. The van der Waals surface area contributed by atoms with E-state index in [1.165, 1.54) is 11.1 Å². The second-order valence-corrected chi connectivity index (χ2v) is 9.63. The van der Waals surface area contributed by atoms with Crippen molar-refractivity contribution in [2.45, 2.75) is 20.4 Å². The van der Waals surface area contributed by atoms with E-state index in [-0.39, 0.29) is 0 Å². The van der Waals surface area contributed by atoms with Crippen LogP contribution >= 0.6 is 0 Å². The minimum atomic E-state index is 0.766. The summed E-state index contributed by atoms with van der Waals surface area (Å²) in [5.74, 6) is 7.42. The third-order valence-electron chi connectivity index (χ3n) is 7.12. The minimum Gasteiger partial charge on any atom is -0.338 e. The van der Waals surface area contributed by atoms with Gasteiger partial charge in [-0.1, -0.05) is 24.1 Å². The second-order valence-electron chi connectivity index (χ2n) is 9.63. The lowest BCUT2D eigenvalue weighted by Crippen LogP contribution is -2.43. The lowest BCUT2D eigenvalue weighted by Gasteiger charge is -2.32. The number of H-pyrrole nitrogens is 1. The summed E-state index contributed by atoms with van der Waals surface area (Å²) in [7, 11) is 2.19. The lowest BCUT2D eigenvalue weighted by atomic mass is 10.0. The molecular weight excluding hydrogens is 446 g/mol. The van der Waals surface area contributed by atoms with Crippen LogP contribution in [0.4, 0.5) is 0 Å². The predicted molar refractivity (Wildman–Crippen MR) is 143 cm³/mol. The molecule has 0 unspecified atom stereocenters. The van der Waals surface area contributed by atoms with Crippen LogP contribution in [0.1, 0.15) is 27.9 Å². The van der Waals surface area contributed by atoms with Gasteiger partial charge in [0.1, 0.15) is 11.5 Å². The number of imidazole rings is 2. The molecule has 3 aromatic heterocycles. The van der Waals surface area contributed by atoms with Gasteiger partial charge < -0.3 is 9.88 Å². The monoisotopic (exact) mass is 475 g/mol. The minimum absolute atomic E-state index is 0.766. The summed E-state index contributed by atoms with van der Waals surface area (Å²) in [5.41, 5.74) is 9.37. The molecule has 0 bridgehead atoms. The van der Waals surface area contributed by atoms with E-state index < -0.39 is 0 Å². The number of aromatic nitrogens is 5. The molecule has 4 heterocycles. The third kappa shape index (κ3) is 4.26. The van der Waals surface area contributed by atoms with E-state index in [1.807, 2.05) is 12.1 Å². The maximum atomic E-state index is 5.02. The van der Waals surface area contributed by atoms with Crippen LogP contribution in [0.2, 0.25) is 0 Å². The largest absolute Gasteiger partial charge is 0.338 e. The van der Waals surface area contributed by atoms with Crippen LogP contribution in [-0.4, -0.2) is 67.6 Å². The molecule has 0 radical (unpaired) electrons. The van der Waals surface area contributed by atoms with E-state index in [0.29, 0.717) is 0 Å². The molecular formula is C29H29N7. The Kier molecular flexibility index (Phi) is 5.76. The SMILES string of the molecule is Cc1ccc(-c2nc3c(C)c(CN4CCN(C)CC4)ccc3[nH]2)cc1C#Cc1cnc2cccnn12. The number of aryl methyl sites for hydroxylation is 2. The number of hydrogen-bond acceptors (Lipinski definition) is 5. The van der Waals surface area contributed by atoms with Crippen LogP contribution in [0.5, 0.6) is 0 Å². The zero-order valence-electron chi connectivity index (χ0n) is 20.9. The number of aromatic amines is 1. The first-order valence-corrected chi connectivity index (χ1v) is 12.4. The molecule has 0 spiro atoms. The summed E-state index contributed by atoms with van der Waals surface area (Å²) < 4.78 is 1.76. The molecule has 5 aromatic rings. The molecule has 2 aromatic carbocycles. The molecule has 0 saturated carbocycles. The van der Waals surface area contributed by atoms with Crippen molar-refractivity contribution in [2.24, 2.45) is 0 Å². The van der Waals surface area contributed by atoms with Gasteiger partial charge in [-0.2, -0.15) is 5.10 Å². The van der Waals surface area contributed by atoms with Gasteiger partial charge in [0.2, 0.25) is 0 Å². The number of benzene rings is 2. The summed E-state index contributed by atoms with van der Waals surface area (Å²) in [6.07, 6.45) is 3.50. The average molecular weight is 476 g/mol. The maximum absolute atomic E-state index is 5.02. The quantitative estimate of drug-likeness (QED) is 0.399. The molecule has 0 amide bonds. The van der Waals surface area contributed by atoms with Crippen molar-refractivity contribution in [3.8, 4) is 23.2 Å². The van der Waals surface area contributed by atoms with Crippen LogP contribution < -0.4 is 0 Å². The van der Waals surface area contributed by atoms with E-state index in [1.54, 1.807) is 16.9 Å². The third-order valence-corrected chi connectivity index (χ3v) is 7.12. The number of hydrogen-bond donors (Lipinski definition) is 1. The molecule has 7 heteroatoms. The van der Waals surface area contributed by atoms with Crippen LogP contribution in [0.15, 0.2) is 54.9 Å². The van der Waals surface area contributed by atoms with Crippen molar-refractivity contribution in [2.75, 3.05) is 33.2 Å². The highest BCUT2D eigenvalue weighted by atomic mass is 15.3. The highest BCUT2D eigenvalue weighted by Gasteiger charge is 2.17. The van der Waals surface area contributed by atoms with Gasteiger partial charge >= 0.3 is 0 Å². The molecule has 36 heavy (non-hydrogen) atoms. The number of nitrogens with zero attached hydrogens (tertiary/aromatic N) is 6. The molecule has 7 nitrogen and oxygen atoms in total. The smallest absolute Gasteiger partial charge is 0.154 e. The van der Waals surface area contributed by atoms with Crippen LogP contribution in [0.25, 0.3) is 28.1 Å². The Bertz CT molecular complexity index is 1620. The Labute approximate surface area is 210 Å². The first-order chi connectivity index (χ1) is 17.5. The standard InChI is InChI=1S/C29H29N7/c1-20-6-7-23(17-22(20)8-10-25-18-30-27-5-4-12-31-36(25)27)29-32-26-11-9-24(21(2)28(26)33-29)19-35-15-13-34(3)14-16-35/h4-7,9,11-12,17-18H,13-16,19H2,1-3H3,(H,32,33). The number of piperazine rings is 1. The zero-order valence-corrected chi connectivity index (χ0v) is 20.9. The van der Waals surface area contributed by atoms with Gasteiger partial charge in [0.05, 0.1) is 17.2 Å². The fraction of sp³-hybridized carbons (Fsp3) is 0.276. The number of rotatable bonds is 3. The van der Waals surface area contributed by atoms with Crippen molar-refractivity contribution >= 4 is 16.7 Å². The Hall–Kier alpha value is -3.99. The molecule has 1 aliphatic rings. The Balaban J connectivity index is 1.30. The van der Waals surface area contributed by atoms with Gasteiger partial charge in [-0.3, -0.25) is 4.90 Å². The van der Waals surface area contributed by atoms with Gasteiger partial charge in [-0.05, 0) is 67.8 Å². The predicted octanol–water partition coefficient (Wildman–Crippen LogP) is 4.04. The summed E-state index contributed by atoms with van der Waals surface area (Å²) >= 11 is 0. The van der Waals surface area contributed by atoms with Crippen molar-refractivity contribution in [3.63, 3.8) is 0 Å². The maximum Gasteiger partial charge on any atom is 0.154 e. The highest BCUT2D eigenvalue weighted by molar-refractivity contribution is 5.83. The van der Waals surface area contributed by atoms with Crippen LogP contribution in [0.3, 0.4) is 0 Å². The van der Waals surface area contributed by atoms with Crippen molar-refractivity contribution in [3.05, 3.63) is 82.8 Å². The van der Waals surface area contributed by atoms with Gasteiger partial charge in [0.25, 0.3) is 0 Å². The van der Waals surface area contributed by atoms with Gasteiger partial charge in [0.15, 0.2) is 5.65 Å². The summed E-state index contributed by atoms with van der Waals surface area (Å²) in [4.78, 5) is 17.8. The fourth-order valence-corrected chi connectivity index (χ4v) is 4.76. The van der Waals surface area contributed by atoms with Crippen molar-refractivity contribution < 1.29 is 0 Å². The molecule has 1 N–H and O–H groups in total. The molecule has 0 aliphatic carbocycles. The normalized spacial score (nSPS) is 14.9. The Morgan fingerprint density at radius 2 is 1.86 bits per heavy atom. The van der Waals surface area contributed by atoms with Crippen molar-refractivity contribution in [1.29, 1.82) is 0 Å². The first kappa shape index (κ1) is 22.5. The highest BCUT2D eigenvalue weighted by Crippen LogP contribution is 2.27. The number of nitrogens with one attached hydrogen (secondary N) is 1. The summed E-state index contributed by atoms with van der Waals surface area (Å²) in [5, 5.41) is 4.35. The zero-order chi connectivity index (χ0) is 24.6. The molecule has 1 aliphatic heterocycles. The van der Waals surface area contributed by atoms with E-state index in [0.717, 1.165) is 77.6 Å². The molecule has 180 valence electrons. The van der Waals surface area contributed by atoms with Crippen LogP contribution in [-0.2, 0) is 6.54 Å². The van der Waals surface area contributed by atoms with Gasteiger partial charge in [-0.25, -0.2) is 14.5 Å². The molecule has 0 atom stereocenters. The Morgan fingerprint density at radius 3 is 2.72 bits per heavy atom. The average Bonchev–Trinajstić information content (AvgIpc) is 3.52. The molecule has 6 rings (SSSR count). The Morgan fingerprint density at radius 1 is 1.00 bits per heavy atom. The second kappa shape index (κ2) is 9.23. The van der Waals surface area contributed by atoms with Crippen LogP contribution in [0, 0.1) is 25.7 Å². The summed E-state index contributed by atoms with van der Waals surface area (Å²) in [6.45, 7) is 9.71. The van der Waals surface area contributed by atoms with Crippen molar-refractivity contribution in [1.82, 2.24) is 34.4 Å². The number of likely N-dealkylation sites (N-methyl/N-ethyl adjacent to an activating group) is 1. The number of fused-ring (bicyclic) bond motifs is 2. The van der Waals surface area contributed by atoms with E-state index in [9.17, 15) is 0 Å². The van der Waals surface area contributed by atoms with E-state index in [2.05, 4.69) is 87.9 Å². The van der Waals surface area contributed by atoms with Gasteiger partial charge in [-0.15, -0.1) is 0 Å². The van der Waals surface area contributed by atoms with E-state index >= 15 is 0 Å². The van der Waals surface area contributed by atoms with E-state index in [4.69, 9.17) is 4.98 Å². The first-order valence-electron chi connectivity index (χ1n) is 12.4.